The molecule has 7 nitrogen and oxygen atoms in total. The first-order chi connectivity index (χ1) is 13.5. The SMILES string of the molecule is CC(COCC(F)(F)F)NC(=O)C1CCN(S(=O)(=O)c2ccc(C#N)cc2)CC1. The average Bonchev–Trinajstić information content (AvgIpc) is 2.67. The zero-order valence-electron chi connectivity index (χ0n) is 15.8. The molecule has 11 heteroatoms. The summed E-state index contributed by atoms with van der Waals surface area (Å²) in [6.07, 6.45) is -3.81. The minimum absolute atomic E-state index is 0.0786. The van der Waals surface area contributed by atoms with Crippen LogP contribution in [0.25, 0.3) is 0 Å². The van der Waals surface area contributed by atoms with Crippen molar-refractivity contribution >= 4 is 15.9 Å². The van der Waals surface area contributed by atoms with E-state index in [2.05, 4.69) is 10.1 Å². The second-order valence-electron chi connectivity index (χ2n) is 6.85. The Morgan fingerprint density at radius 3 is 2.41 bits per heavy atom. The molecule has 1 aliphatic rings. The summed E-state index contributed by atoms with van der Waals surface area (Å²) in [4.78, 5) is 12.4. The van der Waals surface area contributed by atoms with Crippen molar-refractivity contribution in [3.05, 3.63) is 29.8 Å². The van der Waals surface area contributed by atoms with Crippen molar-refractivity contribution in [2.45, 2.75) is 36.9 Å². The van der Waals surface area contributed by atoms with E-state index < -0.39 is 34.8 Å². The quantitative estimate of drug-likeness (QED) is 0.710. The molecule has 0 saturated carbocycles. The van der Waals surface area contributed by atoms with Gasteiger partial charge in [-0.1, -0.05) is 0 Å². The van der Waals surface area contributed by atoms with E-state index in [0.29, 0.717) is 18.4 Å². The predicted molar refractivity (Wildman–Crippen MR) is 97.1 cm³/mol. The van der Waals surface area contributed by atoms with Gasteiger partial charge in [0.2, 0.25) is 15.9 Å². The van der Waals surface area contributed by atoms with Crippen LogP contribution in [0, 0.1) is 17.2 Å². The molecule has 0 aliphatic carbocycles. The second kappa shape index (κ2) is 9.56. The number of halogens is 3. The van der Waals surface area contributed by atoms with Crippen molar-refractivity contribution in [1.29, 1.82) is 5.26 Å². The Labute approximate surface area is 167 Å². The number of benzene rings is 1. The third kappa shape index (κ3) is 6.69. The van der Waals surface area contributed by atoms with Gasteiger partial charge in [0.25, 0.3) is 0 Å². The molecule has 1 amide bonds. The average molecular weight is 433 g/mol. The molecule has 2 rings (SSSR count). The van der Waals surface area contributed by atoms with Gasteiger partial charge in [-0.25, -0.2) is 8.42 Å². The van der Waals surface area contributed by atoms with Crippen LogP contribution in [-0.4, -0.2) is 57.2 Å². The number of alkyl halides is 3. The van der Waals surface area contributed by atoms with Crippen LogP contribution in [0.4, 0.5) is 13.2 Å². The largest absolute Gasteiger partial charge is 0.411 e. The van der Waals surface area contributed by atoms with E-state index >= 15 is 0 Å². The van der Waals surface area contributed by atoms with Crippen molar-refractivity contribution < 1.29 is 31.1 Å². The number of nitrogens with one attached hydrogen (secondary N) is 1. The topological polar surface area (TPSA) is 99.5 Å². The maximum atomic E-state index is 12.7. The molecule has 1 aromatic carbocycles. The molecule has 1 atom stereocenters. The number of nitrogens with zero attached hydrogens (tertiary/aromatic N) is 2. The Morgan fingerprint density at radius 2 is 1.90 bits per heavy atom. The highest BCUT2D eigenvalue weighted by Gasteiger charge is 2.32. The van der Waals surface area contributed by atoms with Gasteiger partial charge in [0, 0.05) is 25.0 Å². The molecule has 0 aromatic heterocycles. The van der Waals surface area contributed by atoms with Crippen LogP contribution in [0.15, 0.2) is 29.2 Å². The number of nitriles is 1. The first-order valence-corrected chi connectivity index (χ1v) is 10.4. The van der Waals surface area contributed by atoms with Crippen LogP contribution in [-0.2, 0) is 19.6 Å². The number of hydrogen-bond acceptors (Lipinski definition) is 5. The van der Waals surface area contributed by atoms with E-state index in [0.717, 1.165) is 0 Å². The van der Waals surface area contributed by atoms with E-state index in [4.69, 9.17) is 5.26 Å². The molecular formula is C18H22F3N3O4S. The molecule has 1 fully saturated rings. The number of rotatable bonds is 7. The molecule has 1 unspecified atom stereocenters. The third-order valence-corrected chi connectivity index (χ3v) is 6.38. The van der Waals surface area contributed by atoms with Crippen molar-refractivity contribution in [1.82, 2.24) is 9.62 Å². The fraction of sp³-hybridized carbons (Fsp3) is 0.556. The smallest absolute Gasteiger partial charge is 0.370 e. The Balaban J connectivity index is 1.84. The van der Waals surface area contributed by atoms with Crippen molar-refractivity contribution in [3.63, 3.8) is 0 Å². The lowest BCUT2D eigenvalue weighted by atomic mass is 9.97. The molecule has 160 valence electrons. The molecule has 0 spiro atoms. The number of carbonyl (C=O) groups is 1. The standard InChI is InChI=1S/C18H22F3N3O4S/c1-13(11-28-12-18(19,20)21)23-17(25)15-6-8-24(9-7-15)29(26,27)16-4-2-14(10-22)3-5-16/h2-5,13,15H,6-9,11-12H2,1H3,(H,23,25). The number of sulfonamides is 1. The number of hydrogen-bond donors (Lipinski definition) is 1. The molecular weight excluding hydrogens is 411 g/mol. The normalized spacial score (nSPS) is 17.5. The van der Waals surface area contributed by atoms with Crippen LogP contribution in [0.2, 0.25) is 0 Å². The van der Waals surface area contributed by atoms with Gasteiger partial charge in [-0.05, 0) is 44.0 Å². The Morgan fingerprint density at radius 1 is 1.31 bits per heavy atom. The maximum Gasteiger partial charge on any atom is 0.411 e. The van der Waals surface area contributed by atoms with E-state index in [1.165, 1.54) is 28.6 Å². The highest BCUT2D eigenvalue weighted by atomic mass is 32.2. The second-order valence-corrected chi connectivity index (χ2v) is 8.79. The van der Waals surface area contributed by atoms with Gasteiger partial charge >= 0.3 is 6.18 Å². The zero-order chi connectivity index (χ0) is 21.7. The van der Waals surface area contributed by atoms with Gasteiger partial charge in [-0.3, -0.25) is 4.79 Å². The highest BCUT2D eigenvalue weighted by Crippen LogP contribution is 2.24. The predicted octanol–water partition coefficient (Wildman–Crippen LogP) is 2.04. The molecule has 1 N–H and O–H groups in total. The minimum atomic E-state index is -4.42. The van der Waals surface area contributed by atoms with Gasteiger partial charge in [-0.2, -0.15) is 22.7 Å². The number of ether oxygens (including phenoxy) is 1. The van der Waals surface area contributed by atoms with E-state index in [1.807, 2.05) is 6.07 Å². The Bertz CT molecular complexity index is 843. The van der Waals surface area contributed by atoms with Gasteiger partial charge < -0.3 is 10.1 Å². The molecule has 0 bridgehead atoms. The van der Waals surface area contributed by atoms with Crippen LogP contribution in [0.5, 0.6) is 0 Å². The summed E-state index contributed by atoms with van der Waals surface area (Å²) >= 11 is 0. The monoisotopic (exact) mass is 433 g/mol. The summed E-state index contributed by atoms with van der Waals surface area (Å²) in [5, 5.41) is 11.4. The van der Waals surface area contributed by atoms with Crippen molar-refractivity contribution in [3.8, 4) is 6.07 Å². The summed E-state index contributed by atoms with van der Waals surface area (Å²) in [5.74, 6) is -0.754. The lowest BCUT2D eigenvalue weighted by Gasteiger charge is -2.31. The van der Waals surface area contributed by atoms with E-state index in [-0.39, 0.29) is 30.5 Å². The lowest BCUT2D eigenvalue weighted by Crippen LogP contribution is -2.45. The maximum absolute atomic E-state index is 12.7. The third-order valence-electron chi connectivity index (χ3n) is 4.47. The molecule has 1 aliphatic heterocycles. The molecule has 0 radical (unpaired) electrons. The van der Waals surface area contributed by atoms with E-state index in [9.17, 15) is 26.4 Å². The Hall–Kier alpha value is -2.16. The summed E-state index contributed by atoms with van der Waals surface area (Å²) in [5.41, 5.74) is 0.354. The summed E-state index contributed by atoms with van der Waals surface area (Å²) in [6.45, 7) is 0.202. The van der Waals surface area contributed by atoms with Gasteiger partial charge in [-0.15, -0.1) is 0 Å². The summed E-state index contributed by atoms with van der Waals surface area (Å²) in [7, 11) is -3.72. The number of piperidine rings is 1. The fourth-order valence-electron chi connectivity index (χ4n) is 2.96. The van der Waals surface area contributed by atoms with Crippen LogP contribution >= 0.6 is 0 Å². The lowest BCUT2D eigenvalue weighted by molar-refractivity contribution is -0.175. The first-order valence-electron chi connectivity index (χ1n) is 8.98. The van der Waals surface area contributed by atoms with Crippen LogP contribution in [0.3, 0.4) is 0 Å². The Kier molecular flexibility index (Phi) is 7.62. The van der Waals surface area contributed by atoms with Crippen molar-refractivity contribution in [2.24, 2.45) is 5.92 Å². The number of carbonyl (C=O) groups excluding carboxylic acids is 1. The van der Waals surface area contributed by atoms with Crippen LogP contribution < -0.4 is 5.32 Å². The van der Waals surface area contributed by atoms with Gasteiger partial charge in [0.1, 0.15) is 6.61 Å². The summed E-state index contributed by atoms with van der Waals surface area (Å²) < 4.78 is 67.4. The number of amides is 1. The van der Waals surface area contributed by atoms with Crippen molar-refractivity contribution in [2.75, 3.05) is 26.3 Å². The summed E-state index contributed by atoms with van der Waals surface area (Å²) in [6, 6.07) is 6.92. The minimum Gasteiger partial charge on any atom is -0.370 e. The van der Waals surface area contributed by atoms with E-state index in [1.54, 1.807) is 6.92 Å². The molecule has 29 heavy (non-hydrogen) atoms. The van der Waals surface area contributed by atoms with Crippen LogP contribution in [0.1, 0.15) is 25.3 Å². The van der Waals surface area contributed by atoms with Gasteiger partial charge in [0.15, 0.2) is 0 Å². The highest BCUT2D eigenvalue weighted by molar-refractivity contribution is 7.89. The molecule has 1 aromatic rings. The zero-order valence-corrected chi connectivity index (χ0v) is 16.6. The van der Waals surface area contributed by atoms with Gasteiger partial charge in [0.05, 0.1) is 23.1 Å². The fourth-order valence-corrected chi connectivity index (χ4v) is 4.43. The first kappa shape index (κ1) is 23.1. The molecule has 1 heterocycles. The molecule has 1 saturated heterocycles.